The summed E-state index contributed by atoms with van der Waals surface area (Å²) >= 11 is 1.22. The van der Waals surface area contributed by atoms with E-state index >= 15 is 0 Å². The minimum atomic E-state index is -0.467. The van der Waals surface area contributed by atoms with Crippen LogP contribution in [-0.2, 0) is 4.79 Å². The summed E-state index contributed by atoms with van der Waals surface area (Å²) in [5.41, 5.74) is 1.52. The highest BCUT2D eigenvalue weighted by molar-refractivity contribution is 7.13. The van der Waals surface area contributed by atoms with Crippen molar-refractivity contribution in [2.45, 2.75) is 25.3 Å². The molecule has 92 valence electrons. The van der Waals surface area contributed by atoms with E-state index in [1.54, 1.807) is 0 Å². The van der Waals surface area contributed by atoms with Crippen LogP contribution < -0.4 is 16.0 Å². The van der Waals surface area contributed by atoms with Crippen molar-refractivity contribution >= 4 is 28.4 Å². The molecule has 0 aromatic carbocycles. The predicted octanol–water partition coefficient (Wildman–Crippen LogP) is 0.328. The van der Waals surface area contributed by atoms with Crippen molar-refractivity contribution in [1.29, 1.82) is 0 Å². The monoisotopic (exact) mass is 255 g/mol. The number of amides is 3. The van der Waals surface area contributed by atoms with E-state index in [4.69, 9.17) is 0 Å². The van der Waals surface area contributed by atoms with Crippen LogP contribution in [0.15, 0.2) is 5.51 Å². The van der Waals surface area contributed by atoms with Gasteiger partial charge in [0.05, 0.1) is 0 Å². The predicted molar refractivity (Wildman–Crippen MR) is 62.7 cm³/mol. The third-order valence-corrected chi connectivity index (χ3v) is 3.03. The van der Waals surface area contributed by atoms with E-state index < -0.39 is 12.1 Å². The van der Waals surface area contributed by atoms with Crippen molar-refractivity contribution < 1.29 is 9.59 Å². The third-order valence-electron chi connectivity index (χ3n) is 2.42. The Balaban J connectivity index is 1.86. The summed E-state index contributed by atoms with van der Waals surface area (Å²) in [7, 11) is 0. The van der Waals surface area contributed by atoms with Gasteiger partial charge in [0.15, 0.2) is 0 Å². The Morgan fingerprint density at radius 3 is 3.18 bits per heavy atom. The molecular weight excluding hydrogens is 242 g/mol. The molecule has 0 saturated carbocycles. The lowest BCUT2D eigenvalue weighted by Crippen LogP contribution is -2.46. The molecule has 8 heteroatoms. The normalized spacial score (nSPS) is 20.2. The second kappa shape index (κ2) is 5.58. The molecule has 0 spiro atoms. The average molecular weight is 255 g/mol. The van der Waals surface area contributed by atoms with Crippen molar-refractivity contribution in [2.24, 2.45) is 0 Å². The second-order valence-corrected chi connectivity index (χ2v) is 4.51. The fraction of sp³-hybridized carbons (Fsp3) is 0.556. The molecule has 7 nitrogen and oxygen atoms in total. The highest BCUT2D eigenvalue weighted by Crippen LogP contribution is 2.09. The highest BCUT2D eigenvalue weighted by atomic mass is 32.1. The lowest BCUT2D eigenvalue weighted by molar-refractivity contribution is -0.122. The first-order chi connectivity index (χ1) is 8.25. The number of hydrogen-bond acceptors (Lipinski definition) is 5. The molecule has 0 unspecified atom stereocenters. The zero-order valence-electron chi connectivity index (χ0n) is 9.10. The van der Waals surface area contributed by atoms with Gasteiger partial charge in [-0.05, 0) is 19.3 Å². The van der Waals surface area contributed by atoms with Crippen molar-refractivity contribution in [3.8, 4) is 0 Å². The maximum absolute atomic E-state index is 11.6. The fourth-order valence-electron chi connectivity index (χ4n) is 1.60. The summed E-state index contributed by atoms with van der Waals surface area (Å²) in [4.78, 5) is 23.1. The molecule has 1 aromatic heterocycles. The van der Waals surface area contributed by atoms with E-state index in [1.807, 2.05) is 0 Å². The molecule has 3 amide bonds. The van der Waals surface area contributed by atoms with Crippen LogP contribution in [-0.4, -0.2) is 34.7 Å². The van der Waals surface area contributed by atoms with E-state index in [1.165, 1.54) is 16.8 Å². The van der Waals surface area contributed by atoms with Crippen LogP contribution in [0.25, 0.3) is 0 Å². The fourth-order valence-corrected chi connectivity index (χ4v) is 2.04. The molecule has 2 heterocycles. The lowest BCUT2D eigenvalue weighted by atomic mass is 10.1. The van der Waals surface area contributed by atoms with Gasteiger partial charge >= 0.3 is 6.03 Å². The van der Waals surface area contributed by atoms with Crippen LogP contribution in [0, 0.1) is 0 Å². The number of rotatable bonds is 2. The summed E-state index contributed by atoms with van der Waals surface area (Å²) in [5.74, 6) is -0.130. The highest BCUT2D eigenvalue weighted by Gasteiger charge is 2.22. The first kappa shape index (κ1) is 11.8. The maximum Gasteiger partial charge on any atom is 0.321 e. The smallest absolute Gasteiger partial charge is 0.321 e. The summed E-state index contributed by atoms with van der Waals surface area (Å²) in [5, 5.41) is 15.6. The number of nitrogens with zero attached hydrogens (tertiary/aromatic N) is 2. The number of urea groups is 1. The van der Waals surface area contributed by atoms with E-state index in [-0.39, 0.29) is 5.91 Å². The summed E-state index contributed by atoms with van der Waals surface area (Å²) in [6.45, 7) is 0.676. The van der Waals surface area contributed by atoms with Gasteiger partial charge in [-0.25, -0.2) is 4.79 Å². The van der Waals surface area contributed by atoms with E-state index in [9.17, 15) is 9.59 Å². The number of nitrogens with one attached hydrogen (secondary N) is 3. The molecule has 1 saturated heterocycles. The van der Waals surface area contributed by atoms with Crippen molar-refractivity contribution in [1.82, 2.24) is 20.8 Å². The number of aromatic nitrogens is 2. The summed E-state index contributed by atoms with van der Waals surface area (Å²) in [6, 6.07) is -0.894. The van der Waals surface area contributed by atoms with Gasteiger partial charge < -0.3 is 10.6 Å². The Hall–Kier alpha value is -1.70. The molecule has 1 fully saturated rings. The van der Waals surface area contributed by atoms with Crippen LogP contribution in [0.5, 0.6) is 0 Å². The molecule has 0 aliphatic carbocycles. The zero-order valence-corrected chi connectivity index (χ0v) is 9.92. The SMILES string of the molecule is O=C(Nc1nncs1)N[C@H]1CCCCNC1=O. The maximum atomic E-state index is 11.6. The van der Waals surface area contributed by atoms with Gasteiger partial charge in [-0.2, -0.15) is 0 Å². The molecule has 0 bridgehead atoms. The van der Waals surface area contributed by atoms with Gasteiger partial charge in [-0.15, -0.1) is 10.2 Å². The molecule has 3 N–H and O–H groups in total. The van der Waals surface area contributed by atoms with Crippen LogP contribution in [0.1, 0.15) is 19.3 Å². The standard InChI is InChI=1S/C9H13N5O2S/c15-7-6(3-1-2-4-10-7)12-8(16)13-9-14-11-5-17-9/h5-6H,1-4H2,(H,10,15)(H2,12,13,14,16)/t6-/m0/s1. The average Bonchev–Trinajstić information content (AvgIpc) is 2.71. The van der Waals surface area contributed by atoms with Gasteiger partial charge in [0.2, 0.25) is 11.0 Å². The third kappa shape index (κ3) is 3.38. The van der Waals surface area contributed by atoms with E-state index in [2.05, 4.69) is 26.1 Å². The largest absolute Gasteiger partial charge is 0.354 e. The molecule has 1 aliphatic heterocycles. The number of hydrogen-bond donors (Lipinski definition) is 3. The van der Waals surface area contributed by atoms with Gasteiger partial charge in [0, 0.05) is 6.54 Å². The van der Waals surface area contributed by atoms with E-state index in [0.717, 1.165) is 12.8 Å². The van der Waals surface area contributed by atoms with Crippen molar-refractivity contribution in [3.05, 3.63) is 5.51 Å². The quantitative estimate of drug-likeness (QED) is 0.709. The molecular formula is C9H13N5O2S. The topological polar surface area (TPSA) is 96.0 Å². The van der Waals surface area contributed by atoms with Gasteiger partial charge in [0.25, 0.3) is 0 Å². The van der Waals surface area contributed by atoms with E-state index in [0.29, 0.717) is 18.1 Å². The molecule has 1 aromatic rings. The molecule has 17 heavy (non-hydrogen) atoms. The van der Waals surface area contributed by atoms with Crippen molar-refractivity contribution in [3.63, 3.8) is 0 Å². The van der Waals surface area contributed by atoms with Gasteiger partial charge in [0.1, 0.15) is 11.6 Å². The summed E-state index contributed by atoms with van der Waals surface area (Å²) < 4.78 is 0. The number of carbonyl (C=O) groups excluding carboxylic acids is 2. The Morgan fingerprint density at radius 2 is 2.41 bits per heavy atom. The molecule has 0 radical (unpaired) electrons. The Kier molecular flexibility index (Phi) is 3.86. The van der Waals surface area contributed by atoms with Crippen molar-refractivity contribution in [2.75, 3.05) is 11.9 Å². The Bertz CT molecular complexity index is 394. The molecule has 1 aliphatic rings. The van der Waals surface area contributed by atoms with Crippen LogP contribution in [0.3, 0.4) is 0 Å². The van der Waals surface area contributed by atoms with Gasteiger partial charge in [-0.3, -0.25) is 10.1 Å². The molecule has 2 rings (SSSR count). The lowest BCUT2D eigenvalue weighted by Gasteiger charge is -2.14. The van der Waals surface area contributed by atoms with Crippen LogP contribution in [0.2, 0.25) is 0 Å². The Morgan fingerprint density at radius 1 is 1.53 bits per heavy atom. The Labute approximate surface area is 102 Å². The number of anilines is 1. The van der Waals surface area contributed by atoms with Crippen LogP contribution in [0.4, 0.5) is 9.93 Å². The summed E-state index contributed by atoms with van der Waals surface area (Å²) in [6.07, 6.45) is 2.53. The van der Waals surface area contributed by atoms with Crippen LogP contribution >= 0.6 is 11.3 Å². The van der Waals surface area contributed by atoms with Gasteiger partial charge in [-0.1, -0.05) is 11.3 Å². The molecule has 1 atom stereocenters. The minimum Gasteiger partial charge on any atom is -0.354 e. The second-order valence-electron chi connectivity index (χ2n) is 3.68. The zero-order chi connectivity index (χ0) is 12.1. The minimum absolute atomic E-state index is 0.130. The first-order valence-corrected chi connectivity index (χ1v) is 6.25. The first-order valence-electron chi connectivity index (χ1n) is 5.37. The number of carbonyl (C=O) groups is 2.